The third-order valence-electron chi connectivity index (χ3n) is 4.59. The number of rotatable bonds is 5. The summed E-state index contributed by atoms with van der Waals surface area (Å²) in [6.45, 7) is 5.98. The summed E-state index contributed by atoms with van der Waals surface area (Å²) in [7, 11) is 0. The summed E-state index contributed by atoms with van der Waals surface area (Å²) >= 11 is 7.15. The van der Waals surface area contributed by atoms with Crippen LogP contribution in [0.5, 0.6) is 0 Å². The molecule has 6 nitrogen and oxygen atoms in total. The van der Waals surface area contributed by atoms with E-state index in [4.69, 9.17) is 11.6 Å². The first-order chi connectivity index (χ1) is 13.8. The lowest BCUT2D eigenvalue weighted by molar-refractivity contribution is -0.384. The standard InChI is InChI=1S/C21H20ClN3O3S/c1-4-14(3)24-20(26)19(12-15-7-10-17(22)18(11-15)25(27)28)29-21(24)23-16-8-5-13(2)6-9-16/h5-12,14H,4H2,1-3H3/b19-12+,23-21?/t14-/m1/s1. The number of benzene rings is 2. The molecule has 29 heavy (non-hydrogen) atoms. The Balaban J connectivity index is 2.00. The fourth-order valence-electron chi connectivity index (χ4n) is 2.78. The molecule has 0 unspecified atom stereocenters. The molecule has 1 amide bonds. The normalized spacial score (nSPS) is 17.9. The van der Waals surface area contributed by atoms with E-state index in [1.54, 1.807) is 17.0 Å². The molecule has 2 aromatic carbocycles. The van der Waals surface area contributed by atoms with Gasteiger partial charge in [0.1, 0.15) is 5.02 Å². The topological polar surface area (TPSA) is 75.8 Å². The monoisotopic (exact) mass is 429 g/mol. The van der Waals surface area contributed by atoms with Crippen molar-refractivity contribution in [1.29, 1.82) is 0 Å². The Hall–Kier alpha value is -2.64. The van der Waals surface area contributed by atoms with Crippen LogP contribution in [0.4, 0.5) is 11.4 Å². The van der Waals surface area contributed by atoms with Crippen molar-refractivity contribution in [2.75, 3.05) is 0 Å². The van der Waals surface area contributed by atoms with Gasteiger partial charge < -0.3 is 0 Å². The minimum Gasteiger partial charge on any atom is -0.284 e. The zero-order chi connectivity index (χ0) is 21.1. The summed E-state index contributed by atoms with van der Waals surface area (Å²) < 4.78 is 0. The molecular weight excluding hydrogens is 410 g/mol. The molecule has 0 aromatic heterocycles. The molecule has 1 heterocycles. The molecule has 0 radical (unpaired) electrons. The zero-order valence-electron chi connectivity index (χ0n) is 16.3. The molecule has 1 aliphatic heterocycles. The first-order valence-corrected chi connectivity index (χ1v) is 10.3. The number of hydrogen-bond donors (Lipinski definition) is 0. The Kier molecular flexibility index (Phi) is 6.39. The molecule has 0 saturated carbocycles. The van der Waals surface area contributed by atoms with Gasteiger partial charge in [-0.15, -0.1) is 0 Å². The molecule has 0 aliphatic carbocycles. The lowest BCUT2D eigenvalue weighted by Gasteiger charge is -2.22. The van der Waals surface area contributed by atoms with Crippen molar-refractivity contribution in [2.45, 2.75) is 33.2 Å². The van der Waals surface area contributed by atoms with Gasteiger partial charge in [0.2, 0.25) is 0 Å². The van der Waals surface area contributed by atoms with Crippen LogP contribution in [0.2, 0.25) is 5.02 Å². The molecule has 0 N–H and O–H groups in total. The summed E-state index contributed by atoms with van der Waals surface area (Å²) in [5, 5.41) is 11.8. The predicted molar refractivity (Wildman–Crippen MR) is 119 cm³/mol. The van der Waals surface area contributed by atoms with Crippen molar-refractivity contribution in [2.24, 2.45) is 4.99 Å². The Bertz CT molecular complexity index is 1020. The van der Waals surface area contributed by atoms with Gasteiger partial charge in [-0.2, -0.15) is 0 Å². The molecule has 0 spiro atoms. The smallest absolute Gasteiger partial charge is 0.284 e. The summed E-state index contributed by atoms with van der Waals surface area (Å²) in [6.07, 6.45) is 2.42. The maximum absolute atomic E-state index is 13.0. The average molecular weight is 430 g/mol. The third kappa shape index (κ3) is 4.68. The second kappa shape index (κ2) is 8.80. The number of amidine groups is 1. The largest absolute Gasteiger partial charge is 0.288 e. The highest BCUT2D eigenvalue weighted by Gasteiger charge is 2.36. The molecule has 0 bridgehead atoms. The maximum atomic E-state index is 13.0. The van der Waals surface area contributed by atoms with E-state index in [2.05, 4.69) is 4.99 Å². The van der Waals surface area contributed by atoms with Crippen LogP contribution in [0, 0.1) is 17.0 Å². The summed E-state index contributed by atoms with van der Waals surface area (Å²) in [6, 6.07) is 12.2. The number of nitro benzene ring substituents is 1. The van der Waals surface area contributed by atoms with E-state index in [1.807, 2.05) is 45.0 Å². The minimum absolute atomic E-state index is 0.0235. The molecule has 8 heteroatoms. The van der Waals surface area contributed by atoms with Crippen molar-refractivity contribution in [1.82, 2.24) is 4.90 Å². The highest BCUT2D eigenvalue weighted by atomic mass is 35.5. The van der Waals surface area contributed by atoms with Crippen LogP contribution in [-0.4, -0.2) is 26.9 Å². The first kappa shape index (κ1) is 21.1. The molecule has 3 rings (SSSR count). The number of carbonyl (C=O) groups excluding carboxylic acids is 1. The van der Waals surface area contributed by atoms with Crippen molar-refractivity contribution in [3.63, 3.8) is 0 Å². The van der Waals surface area contributed by atoms with Crippen molar-refractivity contribution in [3.8, 4) is 0 Å². The van der Waals surface area contributed by atoms with Gasteiger partial charge in [0.25, 0.3) is 11.6 Å². The molecule has 150 valence electrons. The van der Waals surface area contributed by atoms with E-state index >= 15 is 0 Å². The molecule has 1 aliphatic rings. The van der Waals surface area contributed by atoms with Crippen molar-refractivity contribution in [3.05, 3.63) is 73.6 Å². The number of amides is 1. The third-order valence-corrected chi connectivity index (χ3v) is 5.89. The molecule has 1 atom stereocenters. The highest BCUT2D eigenvalue weighted by Crippen LogP contribution is 2.36. The van der Waals surface area contributed by atoms with Crippen LogP contribution in [-0.2, 0) is 4.79 Å². The Morgan fingerprint density at radius 2 is 1.97 bits per heavy atom. The molecule has 1 saturated heterocycles. The van der Waals surface area contributed by atoms with Gasteiger partial charge in [0.05, 0.1) is 15.5 Å². The lowest BCUT2D eigenvalue weighted by atomic mass is 10.1. The molecule has 1 fully saturated rings. The van der Waals surface area contributed by atoms with E-state index in [-0.39, 0.29) is 22.7 Å². The van der Waals surface area contributed by atoms with Crippen LogP contribution in [0.25, 0.3) is 6.08 Å². The first-order valence-electron chi connectivity index (χ1n) is 9.12. The van der Waals surface area contributed by atoms with E-state index in [0.29, 0.717) is 15.6 Å². The van der Waals surface area contributed by atoms with E-state index in [9.17, 15) is 14.9 Å². The van der Waals surface area contributed by atoms with Crippen LogP contribution in [0.3, 0.4) is 0 Å². The molecular formula is C21H20ClN3O3S. The van der Waals surface area contributed by atoms with Gasteiger partial charge in [0.15, 0.2) is 5.17 Å². The van der Waals surface area contributed by atoms with Gasteiger partial charge >= 0.3 is 0 Å². The van der Waals surface area contributed by atoms with Crippen molar-refractivity contribution < 1.29 is 9.72 Å². The SMILES string of the molecule is CC[C@@H](C)N1C(=O)/C(=C\c2ccc(Cl)c([N+](=O)[O-])c2)SC1=Nc1ccc(C)cc1. The quantitative estimate of drug-likeness (QED) is 0.334. The van der Waals surface area contributed by atoms with Crippen LogP contribution < -0.4 is 0 Å². The van der Waals surface area contributed by atoms with Gasteiger partial charge in [0, 0.05) is 12.1 Å². The summed E-state index contributed by atoms with van der Waals surface area (Å²) in [4.78, 5) is 30.5. The van der Waals surface area contributed by atoms with Gasteiger partial charge in [-0.1, -0.05) is 42.3 Å². The zero-order valence-corrected chi connectivity index (χ0v) is 17.8. The number of carbonyl (C=O) groups is 1. The fourth-order valence-corrected chi connectivity index (χ4v) is 4.05. The highest BCUT2D eigenvalue weighted by molar-refractivity contribution is 8.18. The Labute approximate surface area is 178 Å². The molecule has 2 aromatic rings. The number of nitrogens with zero attached hydrogens (tertiary/aromatic N) is 3. The van der Waals surface area contributed by atoms with E-state index in [1.165, 1.54) is 23.9 Å². The number of aryl methyl sites for hydroxylation is 1. The van der Waals surface area contributed by atoms with E-state index < -0.39 is 4.92 Å². The second-order valence-corrected chi connectivity index (χ2v) is 8.16. The van der Waals surface area contributed by atoms with Gasteiger partial charge in [-0.05, 0) is 61.9 Å². The number of nitro groups is 1. The van der Waals surface area contributed by atoms with Crippen LogP contribution >= 0.6 is 23.4 Å². The number of hydrogen-bond acceptors (Lipinski definition) is 5. The van der Waals surface area contributed by atoms with Crippen LogP contribution in [0.15, 0.2) is 52.4 Å². The maximum Gasteiger partial charge on any atom is 0.288 e. The summed E-state index contributed by atoms with van der Waals surface area (Å²) in [5.74, 6) is -0.159. The van der Waals surface area contributed by atoms with Crippen LogP contribution in [0.1, 0.15) is 31.4 Å². The fraction of sp³-hybridized carbons (Fsp3) is 0.238. The summed E-state index contributed by atoms with van der Waals surface area (Å²) in [5.41, 5.74) is 2.25. The Morgan fingerprint density at radius 1 is 1.28 bits per heavy atom. The van der Waals surface area contributed by atoms with Crippen molar-refractivity contribution >= 4 is 51.9 Å². The van der Waals surface area contributed by atoms with E-state index in [0.717, 1.165) is 17.7 Å². The average Bonchev–Trinajstić information content (AvgIpc) is 2.99. The predicted octanol–water partition coefficient (Wildman–Crippen LogP) is 5.96. The van der Waals surface area contributed by atoms with Gasteiger partial charge in [-0.25, -0.2) is 4.99 Å². The van der Waals surface area contributed by atoms with Gasteiger partial charge in [-0.3, -0.25) is 19.8 Å². The number of aliphatic imine (C=N–C) groups is 1. The lowest BCUT2D eigenvalue weighted by Crippen LogP contribution is -2.36. The number of halogens is 1. The number of thioether (sulfide) groups is 1. The Morgan fingerprint density at radius 3 is 2.59 bits per heavy atom. The second-order valence-electron chi connectivity index (χ2n) is 6.74. The minimum atomic E-state index is -0.538.